The van der Waals surface area contributed by atoms with Crippen LogP contribution in [0.15, 0.2) is 60.1 Å². The fraction of sp³-hybridized carbons (Fsp3) is 0.444. The van der Waals surface area contributed by atoms with Crippen LogP contribution >= 0.6 is 0 Å². The Labute approximate surface area is 202 Å². The van der Waals surface area contributed by atoms with Crippen molar-refractivity contribution in [2.75, 3.05) is 27.9 Å². The molecule has 186 valence electrons. The number of allylic oxidation sites excluding steroid dienone is 1. The minimum Gasteiger partial charge on any atom is -0.503 e. The zero-order valence-corrected chi connectivity index (χ0v) is 21.4. The van der Waals surface area contributed by atoms with Gasteiger partial charge in [0.2, 0.25) is 0 Å². The summed E-state index contributed by atoms with van der Waals surface area (Å²) in [5, 5.41) is 0. The Hall–Kier alpha value is -3.19. The normalized spacial score (nSPS) is 17.2. The van der Waals surface area contributed by atoms with E-state index in [0.29, 0.717) is 29.4 Å². The molecule has 2 rings (SSSR count). The fourth-order valence-corrected chi connectivity index (χ4v) is 3.49. The molecule has 1 atom stereocenters. The predicted molar refractivity (Wildman–Crippen MR) is 132 cm³/mol. The van der Waals surface area contributed by atoms with Crippen LogP contribution < -0.4 is 9.47 Å². The van der Waals surface area contributed by atoms with Crippen LogP contribution in [0.2, 0.25) is 0 Å². The van der Waals surface area contributed by atoms with Gasteiger partial charge in [0.1, 0.15) is 23.5 Å². The molecule has 0 unspecified atom stereocenters. The molecule has 0 bridgehead atoms. The van der Waals surface area contributed by atoms with Gasteiger partial charge in [0, 0.05) is 5.57 Å². The zero-order chi connectivity index (χ0) is 25.5. The average molecular weight is 473 g/mol. The monoisotopic (exact) mass is 472 g/mol. The lowest BCUT2D eigenvalue weighted by molar-refractivity contribution is -0.158. The lowest BCUT2D eigenvalue weighted by Crippen LogP contribution is -2.51. The molecule has 0 radical (unpaired) electrons. The van der Waals surface area contributed by atoms with Gasteiger partial charge in [-0.15, -0.1) is 6.58 Å². The Morgan fingerprint density at radius 3 is 2.41 bits per heavy atom. The van der Waals surface area contributed by atoms with E-state index in [2.05, 4.69) is 6.58 Å². The number of hydrogen-bond acceptors (Lipinski definition) is 7. The van der Waals surface area contributed by atoms with E-state index >= 15 is 0 Å². The Morgan fingerprint density at radius 1 is 1.12 bits per heavy atom. The lowest BCUT2D eigenvalue weighted by atomic mass is 9.98. The summed E-state index contributed by atoms with van der Waals surface area (Å²) in [7, 11) is 4.31. The minimum atomic E-state index is -0.609. The van der Waals surface area contributed by atoms with Crippen LogP contribution in [0.4, 0.5) is 0 Å². The first-order chi connectivity index (χ1) is 16.0. The second-order valence-corrected chi connectivity index (χ2v) is 8.92. The van der Waals surface area contributed by atoms with Crippen molar-refractivity contribution in [3.05, 3.63) is 65.7 Å². The zero-order valence-electron chi connectivity index (χ0n) is 21.4. The SMILES string of the molecule is C=CC(C)(C)OC(C)(C)[C@@H]1COc2ccc(/C=C/C(OC)=C(C)\C(=C/OC)C(=O)OC)cc2O1. The fourth-order valence-electron chi connectivity index (χ4n) is 3.49. The molecule has 1 aliphatic heterocycles. The summed E-state index contributed by atoms with van der Waals surface area (Å²) in [6, 6.07) is 5.67. The number of carbonyl (C=O) groups is 1. The predicted octanol–water partition coefficient (Wildman–Crippen LogP) is 5.22. The van der Waals surface area contributed by atoms with Crippen LogP contribution in [0.5, 0.6) is 11.5 Å². The molecule has 0 spiro atoms. The van der Waals surface area contributed by atoms with Gasteiger partial charge in [0.05, 0.1) is 33.2 Å². The number of methoxy groups -OCH3 is 3. The van der Waals surface area contributed by atoms with Crippen molar-refractivity contribution in [2.24, 2.45) is 0 Å². The number of hydrogen-bond donors (Lipinski definition) is 0. The van der Waals surface area contributed by atoms with Crippen LogP contribution in [0.3, 0.4) is 0 Å². The van der Waals surface area contributed by atoms with E-state index in [1.165, 1.54) is 27.6 Å². The molecule has 0 amide bonds. The number of esters is 1. The molecule has 0 N–H and O–H groups in total. The van der Waals surface area contributed by atoms with Crippen molar-refractivity contribution in [3.63, 3.8) is 0 Å². The molecule has 7 nitrogen and oxygen atoms in total. The number of fused-ring (bicyclic) bond motifs is 1. The molecule has 34 heavy (non-hydrogen) atoms. The topological polar surface area (TPSA) is 72.5 Å². The maximum Gasteiger partial charge on any atom is 0.341 e. The van der Waals surface area contributed by atoms with Gasteiger partial charge in [-0.1, -0.05) is 18.2 Å². The van der Waals surface area contributed by atoms with E-state index in [1.54, 1.807) is 19.1 Å². The van der Waals surface area contributed by atoms with Gasteiger partial charge in [0.25, 0.3) is 0 Å². The Kier molecular flexibility index (Phi) is 8.99. The molecule has 0 aliphatic carbocycles. The van der Waals surface area contributed by atoms with Gasteiger partial charge >= 0.3 is 5.97 Å². The third kappa shape index (κ3) is 6.67. The number of benzene rings is 1. The molecule has 0 saturated heterocycles. The number of carbonyl (C=O) groups excluding carboxylic acids is 1. The Morgan fingerprint density at radius 2 is 1.82 bits per heavy atom. The first-order valence-corrected chi connectivity index (χ1v) is 11.0. The largest absolute Gasteiger partial charge is 0.503 e. The summed E-state index contributed by atoms with van der Waals surface area (Å²) in [4.78, 5) is 12.1. The summed E-state index contributed by atoms with van der Waals surface area (Å²) >= 11 is 0. The summed E-state index contributed by atoms with van der Waals surface area (Å²) in [5.41, 5.74) is 0.599. The Balaban J connectivity index is 2.29. The van der Waals surface area contributed by atoms with E-state index in [0.717, 1.165) is 5.56 Å². The molecule has 0 fully saturated rings. The van der Waals surface area contributed by atoms with E-state index in [4.69, 9.17) is 28.4 Å². The first-order valence-electron chi connectivity index (χ1n) is 11.0. The van der Waals surface area contributed by atoms with E-state index in [-0.39, 0.29) is 11.7 Å². The first kappa shape index (κ1) is 27.1. The lowest BCUT2D eigenvalue weighted by Gasteiger charge is -2.41. The molecular formula is C27H36O7. The quantitative estimate of drug-likeness (QED) is 0.152. The molecule has 1 aliphatic rings. The molecule has 1 aromatic carbocycles. The molecular weight excluding hydrogens is 436 g/mol. The third-order valence-electron chi connectivity index (χ3n) is 5.48. The summed E-state index contributed by atoms with van der Waals surface area (Å²) in [6.07, 6.45) is 6.42. The van der Waals surface area contributed by atoms with Crippen LogP contribution in [0, 0.1) is 0 Å². The molecule has 1 aromatic rings. The van der Waals surface area contributed by atoms with E-state index < -0.39 is 17.2 Å². The van der Waals surface area contributed by atoms with Crippen molar-refractivity contribution in [2.45, 2.75) is 51.9 Å². The summed E-state index contributed by atoms with van der Waals surface area (Å²) in [6.45, 7) is 13.8. The highest BCUT2D eigenvalue weighted by atomic mass is 16.6. The highest BCUT2D eigenvalue weighted by molar-refractivity contribution is 5.93. The Bertz CT molecular complexity index is 983. The highest BCUT2D eigenvalue weighted by Crippen LogP contribution is 2.37. The van der Waals surface area contributed by atoms with Crippen LogP contribution in [0.25, 0.3) is 6.08 Å². The average Bonchev–Trinajstić information content (AvgIpc) is 2.81. The second kappa shape index (κ2) is 11.3. The van der Waals surface area contributed by atoms with Gasteiger partial charge < -0.3 is 28.4 Å². The van der Waals surface area contributed by atoms with Crippen molar-refractivity contribution in [3.8, 4) is 11.5 Å². The van der Waals surface area contributed by atoms with Crippen LogP contribution in [0.1, 0.15) is 40.2 Å². The second-order valence-electron chi connectivity index (χ2n) is 8.92. The van der Waals surface area contributed by atoms with Crippen LogP contribution in [-0.4, -0.2) is 51.2 Å². The summed E-state index contributed by atoms with van der Waals surface area (Å²) < 4.78 is 33.8. The van der Waals surface area contributed by atoms with Gasteiger partial charge in [-0.3, -0.25) is 0 Å². The van der Waals surface area contributed by atoms with Crippen molar-refractivity contribution >= 4 is 12.0 Å². The third-order valence-corrected chi connectivity index (χ3v) is 5.48. The molecule has 0 aromatic heterocycles. The molecule has 0 saturated carbocycles. The highest BCUT2D eigenvalue weighted by Gasteiger charge is 2.39. The van der Waals surface area contributed by atoms with Crippen molar-refractivity contribution < 1.29 is 33.2 Å². The van der Waals surface area contributed by atoms with Gasteiger partial charge in [-0.25, -0.2) is 4.79 Å². The maximum atomic E-state index is 12.1. The van der Waals surface area contributed by atoms with Gasteiger partial charge in [-0.2, -0.15) is 0 Å². The standard InChI is InChI=1S/C27H36O7/c1-10-26(3,4)34-27(5,6)24-17-32-22-14-12-19(15-23(22)33-24)11-13-21(30-8)18(2)20(16-29-7)25(28)31-9/h10-16,24H,1,17H2,2-9H3/b13-11+,20-16+,21-18+/t24-/m0/s1. The van der Waals surface area contributed by atoms with Crippen molar-refractivity contribution in [1.82, 2.24) is 0 Å². The van der Waals surface area contributed by atoms with E-state index in [1.807, 2.05) is 52.0 Å². The number of ether oxygens (including phenoxy) is 6. The van der Waals surface area contributed by atoms with E-state index in [9.17, 15) is 4.79 Å². The van der Waals surface area contributed by atoms with Gasteiger partial charge in [-0.05, 0) is 58.4 Å². The maximum absolute atomic E-state index is 12.1. The minimum absolute atomic E-state index is 0.265. The van der Waals surface area contributed by atoms with Gasteiger partial charge in [0.15, 0.2) is 17.6 Å². The molecule has 1 heterocycles. The molecule has 7 heteroatoms. The van der Waals surface area contributed by atoms with Crippen molar-refractivity contribution in [1.29, 1.82) is 0 Å². The summed E-state index contributed by atoms with van der Waals surface area (Å²) in [5.74, 6) is 1.27. The number of rotatable bonds is 10. The van der Waals surface area contributed by atoms with Crippen LogP contribution in [-0.2, 0) is 23.7 Å². The smallest absolute Gasteiger partial charge is 0.341 e.